The van der Waals surface area contributed by atoms with Gasteiger partial charge in [-0.1, -0.05) is 12.1 Å². The van der Waals surface area contributed by atoms with Crippen LogP contribution in [0.5, 0.6) is 0 Å². The second-order valence-electron chi connectivity index (χ2n) is 3.89. The number of nitrogens with two attached hydrogens (primary N) is 1. The van der Waals surface area contributed by atoms with Crippen LogP contribution in [0.2, 0.25) is 0 Å². The smallest absolute Gasteiger partial charge is 0.0411 e. The van der Waals surface area contributed by atoms with E-state index in [2.05, 4.69) is 24.0 Å². The zero-order valence-electron chi connectivity index (χ0n) is 9.89. The average Bonchev–Trinajstić information content (AvgIpc) is 2.36. The van der Waals surface area contributed by atoms with E-state index in [0.717, 1.165) is 23.6 Å². The van der Waals surface area contributed by atoms with Crippen LogP contribution < -0.4 is 5.73 Å². The highest BCUT2D eigenvalue weighted by Gasteiger charge is 2.02. The fourth-order valence-corrected chi connectivity index (χ4v) is 2.64. The molecule has 0 fully saturated rings. The Morgan fingerprint density at radius 2 is 2.06 bits per heavy atom. The summed E-state index contributed by atoms with van der Waals surface area (Å²) >= 11 is 1.84. The summed E-state index contributed by atoms with van der Waals surface area (Å²) in [6.07, 6.45) is 2.82. The molecule has 1 aromatic heterocycles. The van der Waals surface area contributed by atoms with Crippen LogP contribution in [0.4, 0.5) is 5.69 Å². The predicted octanol–water partition coefficient (Wildman–Crippen LogP) is 3.31. The van der Waals surface area contributed by atoms with Crippen molar-refractivity contribution < 1.29 is 0 Å². The highest BCUT2D eigenvalue weighted by atomic mass is 32.2. The highest BCUT2D eigenvalue weighted by molar-refractivity contribution is 7.99. The van der Waals surface area contributed by atoms with Crippen molar-refractivity contribution in [3.05, 3.63) is 53.9 Å². The Balaban J connectivity index is 1.93. The van der Waals surface area contributed by atoms with E-state index in [4.69, 9.17) is 5.73 Å². The number of thioether (sulfide) groups is 1. The summed E-state index contributed by atoms with van der Waals surface area (Å²) in [7, 11) is 0. The van der Waals surface area contributed by atoms with Gasteiger partial charge in [0.15, 0.2) is 0 Å². The lowest BCUT2D eigenvalue weighted by Gasteiger charge is -2.07. The molecule has 0 aliphatic heterocycles. The second-order valence-corrected chi connectivity index (χ2v) is 5.03. The molecule has 0 saturated heterocycles. The van der Waals surface area contributed by atoms with E-state index in [1.807, 2.05) is 42.2 Å². The van der Waals surface area contributed by atoms with Crippen LogP contribution in [0.3, 0.4) is 0 Å². The van der Waals surface area contributed by atoms with E-state index in [9.17, 15) is 0 Å². The molecule has 1 heterocycles. The van der Waals surface area contributed by atoms with Gasteiger partial charge < -0.3 is 5.73 Å². The Bertz CT molecular complexity index is 483. The fourth-order valence-electron chi connectivity index (χ4n) is 1.60. The molecule has 0 atom stereocenters. The topological polar surface area (TPSA) is 38.9 Å². The van der Waals surface area contributed by atoms with Gasteiger partial charge in [0.05, 0.1) is 0 Å². The van der Waals surface area contributed by atoms with E-state index in [0.29, 0.717) is 0 Å². The molecule has 0 aliphatic rings. The minimum Gasteiger partial charge on any atom is -0.398 e. The van der Waals surface area contributed by atoms with E-state index < -0.39 is 0 Å². The monoisotopic (exact) mass is 244 g/mol. The first-order chi connectivity index (χ1) is 8.27. The van der Waals surface area contributed by atoms with Gasteiger partial charge in [-0.25, -0.2) is 0 Å². The molecule has 1 aromatic carbocycles. The molecule has 0 unspecified atom stereocenters. The highest BCUT2D eigenvalue weighted by Crippen LogP contribution is 2.26. The first kappa shape index (κ1) is 12.0. The maximum absolute atomic E-state index is 5.88. The normalized spacial score (nSPS) is 10.4. The van der Waals surface area contributed by atoms with Crippen molar-refractivity contribution in [2.45, 2.75) is 18.2 Å². The molecule has 17 heavy (non-hydrogen) atoms. The average molecular weight is 244 g/mol. The molecule has 2 aromatic rings. The lowest BCUT2D eigenvalue weighted by molar-refractivity contribution is 1.05. The predicted molar refractivity (Wildman–Crippen MR) is 74.3 cm³/mol. The van der Waals surface area contributed by atoms with Crippen molar-refractivity contribution in [3.8, 4) is 0 Å². The van der Waals surface area contributed by atoms with E-state index in [-0.39, 0.29) is 0 Å². The number of pyridine rings is 1. The van der Waals surface area contributed by atoms with Crippen molar-refractivity contribution >= 4 is 17.4 Å². The number of aryl methyl sites for hydroxylation is 1. The van der Waals surface area contributed by atoms with E-state index >= 15 is 0 Å². The molecule has 0 spiro atoms. The molecule has 2 rings (SSSR count). The zero-order valence-corrected chi connectivity index (χ0v) is 10.7. The molecular weight excluding hydrogens is 228 g/mol. The molecule has 3 heteroatoms. The summed E-state index contributed by atoms with van der Waals surface area (Å²) in [4.78, 5) is 5.58. The zero-order chi connectivity index (χ0) is 12.1. The summed E-state index contributed by atoms with van der Waals surface area (Å²) in [5.41, 5.74) is 9.07. The van der Waals surface area contributed by atoms with E-state index in [1.54, 1.807) is 0 Å². The summed E-state index contributed by atoms with van der Waals surface area (Å²) in [5.74, 6) is 1.03. The maximum Gasteiger partial charge on any atom is 0.0411 e. The Labute approximate surface area is 106 Å². The van der Waals surface area contributed by atoms with E-state index in [1.165, 1.54) is 10.5 Å². The Hall–Kier alpha value is -1.48. The summed E-state index contributed by atoms with van der Waals surface area (Å²) in [5, 5.41) is 0. The minimum absolute atomic E-state index is 0.868. The first-order valence-corrected chi connectivity index (χ1v) is 6.64. The van der Waals surface area contributed by atoms with Gasteiger partial charge in [0.2, 0.25) is 0 Å². The number of benzene rings is 1. The van der Waals surface area contributed by atoms with Crippen LogP contribution in [0.15, 0.2) is 47.5 Å². The molecule has 0 bridgehead atoms. The molecule has 0 amide bonds. The third-order valence-electron chi connectivity index (χ3n) is 2.67. The lowest BCUT2D eigenvalue weighted by Crippen LogP contribution is -1.94. The largest absolute Gasteiger partial charge is 0.398 e. The Kier molecular flexibility index (Phi) is 4.04. The SMILES string of the molecule is Cc1c(N)cccc1SCCc1ccccn1. The lowest BCUT2D eigenvalue weighted by atomic mass is 10.2. The third kappa shape index (κ3) is 3.24. The fraction of sp³-hybridized carbons (Fsp3) is 0.214. The van der Waals surface area contributed by atoms with Gasteiger partial charge in [0.25, 0.3) is 0 Å². The van der Waals surface area contributed by atoms with Gasteiger partial charge in [0.1, 0.15) is 0 Å². The number of rotatable bonds is 4. The van der Waals surface area contributed by atoms with Crippen LogP contribution >= 0.6 is 11.8 Å². The molecule has 2 N–H and O–H groups in total. The van der Waals surface area contributed by atoms with Crippen LogP contribution in [-0.4, -0.2) is 10.7 Å². The summed E-state index contributed by atoms with van der Waals surface area (Å²) in [6.45, 7) is 2.07. The Morgan fingerprint density at radius 1 is 1.18 bits per heavy atom. The number of nitrogen functional groups attached to an aromatic ring is 1. The van der Waals surface area contributed by atoms with Gasteiger partial charge >= 0.3 is 0 Å². The molecule has 2 nitrogen and oxygen atoms in total. The second kappa shape index (κ2) is 5.73. The van der Waals surface area contributed by atoms with Gasteiger partial charge in [-0.2, -0.15) is 0 Å². The minimum atomic E-state index is 0.868. The number of aromatic nitrogens is 1. The number of hydrogen-bond donors (Lipinski definition) is 1. The molecule has 0 aliphatic carbocycles. The van der Waals surface area contributed by atoms with Gasteiger partial charge in [-0.15, -0.1) is 11.8 Å². The standard InChI is InChI=1S/C14H16N2S/c1-11-13(15)6-4-7-14(11)17-10-8-12-5-2-3-9-16-12/h2-7,9H,8,10,15H2,1H3. The number of anilines is 1. The van der Waals surface area contributed by atoms with Crippen molar-refractivity contribution in [1.82, 2.24) is 4.98 Å². The van der Waals surface area contributed by atoms with Crippen molar-refractivity contribution in [3.63, 3.8) is 0 Å². The summed E-state index contributed by atoms with van der Waals surface area (Å²) < 4.78 is 0. The van der Waals surface area contributed by atoms with Crippen LogP contribution in [0.1, 0.15) is 11.3 Å². The van der Waals surface area contributed by atoms with Crippen molar-refractivity contribution in [1.29, 1.82) is 0 Å². The molecule has 0 radical (unpaired) electrons. The molecular formula is C14H16N2S. The van der Waals surface area contributed by atoms with Crippen LogP contribution in [0, 0.1) is 6.92 Å². The van der Waals surface area contributed by atoms with Gasteiger partial charge in [-0.05, 0) is 43.2 Å². The summed E-state index contributed by atoms with van der Waals surface area (Å²) in [6, 6.07) is 12.1. The molecule has 0 saturated carbocycles. The van der Waals surface area contributed by atoms with Crippen molar-refractivity contribution in [2.75, 3.05) is 11.5 Å². The third-order valence-corrected chi connectivity index (χ3v) is 3.83. The van der Waals surface area contributed by atoms with Crippen LogP contribution in [-0.2, 0) is 6.42 Å². The van der Waals surface area contributed by atoms with Crippen LogP contribution in [0.25, 0.3) is 0 Å². The number of hydrogen-bond acceptors (Lipinski definition) is 3. The Morgan fingerprint density at radius 3 is 2.82 bits per heavy atom. The van der Waals surface area contributed by atoms with Crippen molar-refractivity contribution in [2.24, 2.45) is 0 Å². The van der Waals surface area contributed by atoms with Gasteiger partial charge in [-0.3, -0.25) is 4.98 Å². The maximum atomic E-state index is 5.88. The number of nitrogens with zero attached hydrogens (tertiary/aromatic N) is 1. The van der Waals surface area contributed by atoms with Gasteiger partial charge in [0, 0.05) is 28.2 Å². The quantitative estimate of drug-likeness (QED) is 0.662. The molecule has 88 valence electrons. The first-order valence-electron chi connectivity index (χ1n) is 5.65.